The van der Waals surface area contributed by atoms with Crippen molar-refractivity contribution in [3.63, 3.8) is 0 Å². The number of nitrogens with one attached hydrogen (secondary N) is 1. The number of anilines is 1. The van der Waals surface area contributed by atoms with E-state index in [0.29, 0.717) is 11.4 Å². The van der Waals surface area contributed by atoms with E-state index in [1.807, 2.05) is 19.1 Å². The van der Waals surface area contributed by atoms with Gasteiger partial charge in [-0.05, 0) is 40.5 Å². The summed E-state index contributed by atoms with van der Waals surface area (Å²) in [7, 11) is 0. The second-order valence-electron chi connectivity index (χ2n) is 3.51. The summed E-state index contributed by atoms with van der Waals surface area (Å²) >= 11 is 3.27. The summed E-state index contributed by atoms with van der Waals surface area (Å²) in [6.07, 6.45) is 4.78. The van der Waals surface area contributed by atoms with Gasteiger partial charge in [0.15, 0.2) is 0 Å². The van der Waals surface area contributed by atoms with Crippen LogP contribution in [0.5, 0.6) is 0 Å². The van der Waals surface area contributed by atoms with E-state index in [-0.39, 0.29) is 5.91 Å². The smallest absolute Gasteiger partial charge is 0.258 e. The van der Waals surface area contributed by atoms with Gasteiger partial charge in [-0.2, -0.15) is 0 Å². The molecule has 1 N–H and O–H groups in total. The number of rotatable bonds is 2. The van der Waals surface area contributed by atoms with Crippen LogP contribution in [0.25, 0.3) is 0 Å². The summed E-state index contributed by atoms with van der Waals surface area (Å²) < 4.78 is 0.767. The molecule has 0 spiro atoms. The van der Waals surface area contributed by atoms with Crippen molar-refractivity contribution < 1.29 is 4.79 Å². The first-order valence-electron chi connectivity index (χ1n) is 5.00. The number of nitrogens with zero attached hydrogens (tertiary/aromatic N) is 2. The van der Waals surface area contributed by atoms with Gasteiger partial charge in [-0.1, -0.05) is 6.07 Å². The molecule has 1 amide bonds. The minimum atomic E-state index is -0.222. The Bertz CT molecular complexity index is 557. The van der Waals surface area contributed by atoms with E-state index in [2.05, 4.69) is 31.2 Å². The van der Waals surface area contributed by atoms with Crippen molar-refractivity contribution in [1.29, 1.82) is 0 Å². The lowest BCUT2D eigenvalue weighted by Gasteiger charge is -2.06. The van der Waals surface area contributed by atoms with Gasteiger partial charge < -0.3 is 5.32 Å². The van der Waals surface area contributed by atoms with Crippen LogP contribution in [0.4, 0.5) is 5.82 Å². The molecule has 0 unspecified atom stereocenters. The van der Waals surface area contributed by atoms with Gasteiger partial charge in [0.25, 0.3) is 5.91 Å². The summed E-state index contributed by atoms with van der Waals surface area (Å²) in [5.74, 6) is 0.345. The van der Waals surface area contributed by atoms with Crippen molar-refractivity contribution in [2.45, 2.75) is 6.92 Å². The van der Waals surface area contributed by atoms with Gasteiger partial charge in [0.05, 0.1) is 5.56 Å². The number of aromatic nitrogens is 2. The zero-order valence-electron chi connectivity index (χ0n) is 9.14. The molecule has 0 saturated carbocycles. The van der Waals surface area contributed by atoms with E-state index >= 15 is 0 Å². The number of halogens is 1. The van der Waals surface area contributed by atoms with E-state index in [1.54, 1.807) is 18.5 Å². The zero-order valence-corrected chi connectivity index (χ0v) is 10.7. The van der Waals surface area contributed by atoms with Crippen molar-refractivity contribution in [2.24, 2.45) is 0 Å². The quantitative estimate of drug-likeness (QED) is 0.926. The fourth-order valence-corrected chi connectivity index (χ4v) is 1.70. The van der Waals surface area contributed by atoms with E-state index in [4.69, 9.17) is 0 Å². The van der Waals surface area contributed by atoms with Gasteiger partial charge >= 0.3 is 0 Å². The molecule has 17 heavy (non-hydrogen) atoms. The molecule has 0 aliphatic heterocycles. The molecule has 5 heteroatoms. The fraction of sp³-hybridized carbons (Fsp3) is 0.0833. The lowest BCUT2D eigenvalue weighted by atomic mass is 10.2. The first kappa shape index (κ1) is 11.7. The Labute approximate surface area is 107 Å². The zero-order chi connectivity index (χ0) is 12.3. The highest BCUT2D eigenvalue weighted by atomic mass is 79.9. The molecule has 0 bridgehead atoms. The Kier molecular flexibility index (Phi) is 3.49. The molecular formula is C12H10BrN3O. The van der Waals surface area contributed by atoms with Gasteiger partial charge in [-0.15, -0.1) is 0 Å². The lowest BCUT2D eigenvalue weighted by Crippen LogP contribution is -2.14. The molecule has 2 aromatic rings. The Morgan fingerprint density at radius 3 is 2.94 bits per heavy atom. The topological polar surface area (TPSA) is 54.9 Å². The van der Waals surface area contributed by atoms with E-state index in [9.17, 15) is 4.79 Å². The van der Waals surface area contributed by atoms with Crippen LogP contribution < -0.4 is 5.32 Å². The summed E-state index contributed by atoms with van der Waals surface area (Å²) in [5, 5.41) is 2.74. The van der Waals surface area contributed by atoms with Crippen LogP contribution in [0.15, 0.2) is 41.3 Å². The normalized spacial score (nSPS) is 10.0. The standard InChI is InChI=1S/C12H10BrN3O/c1-8-3-2-4-15-11(8)16-12(17)9-5-10(13)7-14-6-9/h2-7H,1H3,(H,15,16,17). The van der Waals surface area contributed by atoms with Crippen LogP contribution in [0.2, 0.25) is 0 Å². The van der Waals surface area contributed by atoms with Crippen LogP contribution in [0.1, 0.15) is 15.9 Å². The summed E-state index contributed by atoms with van der Waals surface area (Å²) in [6.45, 7) is 1.89. The van der Waals surface area contributed by atoms with E-state index < -0.39 is 0 Å². The predicted molar refractivity (Wildman–Crippen MR) is 68.9 cm³/mol. The molecule has 86 valence electrons. The third-order valence-electron chi connectivity index (χ3n) is 2.21. The average Bonchev–Trinajstić information content (AvgIpc) is 2.32. The maximum absolute atomic E-state index is 11.9. The van der Waals surface area contributed by atoms with Crippen LogP contribution >= 0.6 is 15.9 Å². The predicted octanol–water partition coefficient (Wildman–Crippen LogP) is 2.80. The van der Waals surface area contributed by atoms with Gasteiger partial charge in [0, 0.05) is 23.1 Å². The Morgan fingerprint density at radius 1 is 1.41 bits per heavy atom. The number of hydrogen-bond donors (Lipinski definition) is 1. The second-order valence-corrected chi connectivity index (χ2v) is 4.43. The molecule has 0 atom stereocenters. The molecule has 4 nitrogen and oxygen atoms in total. The lowest BCUT2D eigenvalue weighted by molar-refractivity contribution is 0.102. The number of hydrogen-bond acceptors (Lipinski definition) is 3. The highest BCUT2D eigenvalue weighted by Gasteiger charge is 2.08. The number of carbonyl (C=O) groups excluding carboxylic acids is 1. The van der Waals surface area contributed by atoms with Crippen molar-refractivity contribution in [2.75, 3.05) is 5.32 Å². The SMILES string of the molecule is Cc1cccnc1NC(=O)c1cncc(Br)c1. The van der Waals surface area contributed by atoms with Crippen LogP contribution in [0.3, 0.4) is 0 Å². The van der Waals surface area contributed by atoms with Crippen molar-refractivity contribution in [3.05, 3.63) is 52.4 Å². The van der Waals surface area contributed by atoms with Gasteiger partial charge in [0.2, 0.25) is 0 Å². The van der Waals surface area contributed by atoms with Gasteiger partial charge in [0.1, 0.15) is 5.82 Å². The summed E-state index contributed by atoms with van der Waals surface area (Å²) in [6, 6.07) is 5.42. The van der Waals surface area contributed by atoms with Gasteiger partial charge in [-0.25, -0.2) is 4.98 Å². The molecule has 0 radical (unpaired) electrons. The highest BCUT2D eigenvalue weighted by molar-refractivity contribution is 9.10. The molecule has 2 aromatic heterocycles. The van der Waals surface area contributed by atoms with E-state index in [1.165, 1.54) is 6.20 Å². The first-order chi connectivity index (χ1) is 8.16. The van der Waals surface area contributed by atoms with Crippen molar-refractivity contribution in [3.8, 4) is 0 Å². The van der Waals surface area contributed by atoms with Crippen molar-refractivity contribution in [1.82, 2.24) is 9.97 Å². The third-order valence-corrected chi connectivity index (χ3v) is 2.64. The fourth-order valence-electron chi connectivity index (χ4n) is 1.33. The highest BCUT2D eigenvalue weighted by Crippen LogP contribution is 2.13. The molecule has 2 rings (SSSR count). The molecule has 0 aromatic carbocycles. The minimum absolute atomic E-state index is 0.222. The summed E-state index contributed by atoms with van der Waals surface area (Å²) in [4.78, 5) is 19.9. The van der Waals surface area contributed by atoms with Crippen LogP contribution in [-0.2, 0) is 0 Å². The molecular weight excluding hydrogens is 282 g/mol. The third kappa shape index (κ3) is 2.88. The minimum Gasteiger partial charge on any atom is -0.306 e. The number of aryl methyl sites for hydroxylation is 1. The number of pyridine rings is 2. The summed E-state index contributed by atoms with van der Waals surface area (Å²) in [5.41, 5.74) is 1.41. The second kappa shape index (κ2) is 5.05. The molecule has 0 aliphatic carbocycles. The molecule has 0 saturated heterocycles. The average molecular weight is 292 g/mol. The Balaban J connectivity index is 2.20. The number of amides is 1. The monoisotopic (exact) mass is 291 g/mol. The first-order valence-corrected chi connectivity index (χ1v) is 5.79. The van der Waals surface area contributed by atoms with E-state index in [0.717, 1.165) is 10.0 Å². The Hall–Kier alpha value is -1.75. The maximum atomic E-state index is 11.9. The van der Waals surface area contributed by atoms with Crippen LogP contribution in [-0.4, -0.2) is 15.9 Å². The largest absolute Gasteiger partial charge is 0.306 e. The van der Waals surface area contributed by atoms with Gasteiger partial charge in [-0.3, -0.25) is 9.78 Å². The molecule has 0 aliphatic rings. The molecule has 0 fully saturated rings. The number of carbonyl (C=O) groups is 1. The maximum Gasteiger partial charge on any atom is 0.258 e. The Morgan fingerprint density at radius 2 is 2.24 bits per heavy atom. The molecule has 2 heterocycles. The van der Waals surface area contributed by atoms with Crippen LogP contribution in [0, 0.1) is 6.92 Å². The van der Waals surface area contributed by atoms with Crippen molar-refractivity contribution >= 4 is 27.7 Å².